The van der Waals surface area contributed by atoms with Crippen molar-refractivity contribution in [1.82, 2.24) is 0 Å². The van der Waals surface area contributed by atoms with Crippen molar-refractivity contribution in [1.29, 1.82) is 0 Å². The van der Waals surface area contributed by atoms with E-state index in [2.05, 4.69) is 24.0 Å². The first-order chi connectivity index (χ1) is 3.27. The summed E-state index contributed by atoms with van der Waals surface area (Å²) in [5.41, 5.74) is 0. The second-order valence-corrected chi connectivity index (χ2v) is 8.99. The van der Waals surface area contributed by atoms with Gasteiger partial charge >= 0.3 is 58.4 Å². The van der Waals surface area contributed by atoms with Gasteiger partial charge in [-0.1, -0.05) is 0 Å². The Bertz CT molecular complexity index is 48.1. The van der Waals surface area contributed by atoms with Crippen LogP contribution in [-0.2, 0) is 24.6 Å². The molecule has 0 fully saturated rings. The molecule has 0 rings (SSSR count). The van der Waals surface area contributed by atoms with Gasteiger partial charge in [0.2, 0.25) is 0 Å². The van der Waals surface area contributed by atoms with E-state index in [-0.39, 0.29) is 0 Å². The van der Waals surface area contributed by atoms with E-state index >= 15 is 0 Å². The molecule has 38 valence electrons. The SMILES string of the molecule is C=[CH][Hg][CH2]C(C)C. The van der Waals surface area contributed by atoms with Crippen LogP contribution in [0.1, 0.15) is 13.8 Å². The molecule has 0 atom stereocenters. The second-order valence-electron chi connectivity index (χ2n) is 2.26. The van der Waals surface area contributed by atoms with Crippen molar-refractivity contribution < 1.29 is 24.6 Å². The van der Waals surface area contributed by atoms with E-state index in [1.165, 1.54) is 3.93 Å². The Hall–Kier alpha value is 0.675. The fourth-order valence-corrected chi connectivity index (χ4v) is 3.96. The summed E-state index contributed by atoms with van der Waals surface area (Å²) < 4.78 is 3.70. The van der Waals surface area contributed by atoms with Crippen molar-refractivity contribution in [2.45, 2.75) is 17.8 Å². The summed E-state index contributed by atoms with van der Waals surface area (Å²) in [6.45, 7) is 8.29. The van der Waals surface area contributed by atoms with Gasteiger partial charge in [0.15, 0.2) is 0 Å². The van der Waals surface area contributed by atoms with Crippen LogP contribution in [0.25, 0.3) is 0 Å². The molecule has 0 saturated carbocycles. The minimum atomic E-state index is -0.478. The van der Waals surface area contributed by atoms with Gasteiger partial charge in [0, 0.05) is 0 Å². The van der Waals surface area contributed by atoms with Crippen LogP contribution in [0.2, 0.25) is 3.93 Å². The minimum absolute atomic E-state index is 0.478. The number of rotatable bonds is 3. The van der Waals surface area contributed by atoms with Crippen molar-refractivity contribution in [2.24, 2.45) is 5.92 Å². The Morgan fingerprint density at radius 3 is 2.43 bits per heavy atom. The van der Waals surface area contributed by atoms with E-state index in [4.69, 9.17) is 0 Å². The van der Waals surface area contributed by atoms with Crippen molar-refractivity contribution in [2.75, 3.05) is 0 Å². The molecular weight excluding hydrogens is 273 g/mol. The third kappa shape index (κ3) is 6.68. The van der Waals surface area contributed by atoms with Gasteiger partial charge in [-0.3, -0.25) is 0 Å². The first-order valence-electron chi connectivity index (χ1n) is 2.88. The van der Waals surface area contributed by atoms with Crippen LogP contribution in [0, 0.1) is 5.92 Å². The summed E-state index contributed by atoms with van der Waals surface area (Å²) in [6.07, 6.45) is 0. The van der Waals surface area contributed by atoms with Gasteiger partial charge in [-0.2, -0.15) is 0 Å². The fourth-order valence-electron chi connectivity index (χ4n) is 0.451. The fraction of sp³-hybridized carbons (Fsp3) is 0.667. The zero-order chi connectivity index (χ0) is 5.70. The van der Waals surface area contributed by atoms with Crippen molar-refractivity contribution >= 4 is 0 Å². The van der Waals surface area contributed by atoms with Crippen LogP contribution >= 0.6 is 0 Å². The van der Waals surface area contributed by atoms with E-state index in [9.17, 15) is 0 Å². The Morgan fingerprint density at radius 2 is 2.29 bits per heavy atom. The van der Waals surface area contributed by atoms with Crippen molar-refractivity contribution in [3.63, 3.8) is 0 Å². The number of hydrogen-bond acceptors (Lipinski definition) is 0. The van der Waals surface area contributed by atoms with Crippen LogP contribution in [0.5, 0.6) is 0 Å². The Kier molecular flexibility index (Phi) is 5.29. The van der Waals surface area contributed by atoms with E-state index in [0.29, 0.717) is 0 Å². The average Bonchev–Trinajstić information content (AvgIpc) is 1.61. The molecule has 0 aromatic carbocycles. The second kappa shape index (κ2) is 4.82. The Balaban J connectivity index is 2.81. The first-order valence-corrected chi connectivity index (χ1v) is 9.94. The monoisotopic (exact) mass is 286 g/mol. The molecule has 0 N–H and O–H groups in total. The van der Waals surface area contributed by atoms with Gasteiger partial charge < -0.3 is 0 Å². The van der Waals surface area contributed by atoms with Gasteiger partial charge in [-0.25, -0.2) is 0 Å². The summed E-state index contributed by atoms with van der Waals surface area (Å²) in [5.74, 6) is 0.930. The van der Waals surface area contributed by atoms with Crippen molar-refractivity contribution in [3.05, 3.63) is 10.2 Å². The molecule has 0 bridgehead atoms. The summed E-state index contributed by atoms with van der Waals surface area (Å²) in [6, 6.07) is 0. The molecule has 0 nitrogen and oxygen atoms in total. The quantitative estimate of drug-likeness (QED) is 0.698. The molecule has 7 heavy (non-hydrogen) atoms. The molecule has 0 unspecified atom stereocenters. The molecule has 0 aliphatic rings. The molecule has 0 radical (unpaired) electrons. The standard InChI is InChI=1S/C4H9.C2H3.Hg/c1-4(2)3;1-2;/h4H,1H2,2-3H3;1H,2H2;. The summed E-state index contributed by atoms with van der Waals surface area (Å²) >= 11 is -0.478. The normalized spacial score (nSPS) is 8.43. The molecule has 0 aromatic rings. The third-order valence-corrected chi connectivity index (χ3v) is 8.32. The van der Waals surface area contributed by atoms with E-state index in [1.54, 1.807) is 0 Å². The number of hydrogen-bond donors (Lipinski definition) is 0. The van der Waals surface area contributed by atoms with Crippen LogP contribution in [0.3, 0.4) is 0 Å². The van der Waals surface area contributed by atoms with Crippen molar-refractivity contribution in [3.8, 4) is 0 Å². The topological polar surface area (TPSA) is 0 Å². The van der Waals surface area contributed by atoms with E-state index < -0.39 is 24.6 Å². The molecule has 0 saturated heterocycles. The molecule has 1 heteroatoms. The molecule has 0 aliphatic heterocycles. The van der Waals surface area contributed by atoms with Crippen LogP contribution in [0.4, 0.5) is 0 Å². The van der Waals surface area contributed by atoms with E-state index in [1.807, 2.05) is 0 Å². The predicted octanol–water partition coefficient (Wildman–Crippen LogP) is 2.29. The van der Waals surface area contributed by atoms with E-state index in [0.717, 1.165) is 5.92 Å². The van der Waals surface area contributed by atoms with Crippen LogP contribution in [-0.4, -0.2) is 0 Å². The Labute approximate surface area is 58.4 Å². The summed E-state index contributed by atoms with van der Waals surface area (Å²) in [5, 5.41) is 0. The zero-order valence-electron chi connectivity index (χ0n) is 5.28. The van der Waals surface area contributed by atoms with Gasteiger partial charge in [-0.15, -0.1) is 0 Å². The molecule has 0 heterocycles. The van der Waals surface area contributed by atoms with Crippen LogP contribution in [0.15, 0.2) is 10.2 Å². The molecule has 0 amide bonds. The van der Waals surface area contributed by atoms with Gasteiger partial charge in [0.1, 0.15) is 0 Å². The maximum absolute atomic E-state index is 3.73. The first kappa shape index (κ1) is 7.68. The maximum atomic E-state index is 3.73. The zero-order valence-corrected chi connectivity index (χ0v) is 10.8. The molecular formula is C6H12Hg. The third-order valence-electron chi connectivity index (χ3n) is 0.948. The predicted molar refractivity (Wildman–Crippen MR) is 29.8 cm³/mol. The summed E-state index contributed by atoms with van der Waals surface area (Å²) in [7, 11) is 0. The van der Waals surface area contributed by atoms with Gasteiger partial charge in [-0.05, 0) is 0 Å². The summed E-state index contributed by atoms with van der Waals surface area (Å²) in [4.78, 5) is 0. The Morgan fingerprint density at radius 1 is 1.71 bits per heavy atom. The average molecular weight is 285 g/mol. The van der Waals surface area contributed by atoms with Gasteiger partial charge in [0.25, 0.3) is 0 Å². The van der Waals surface area contributed by atoms with Gasteiger partial charge in [0.05, 0.1) is 0 Å². The molecule has 0 aliphatic carbocycles. The van der Waals surface area contributed by atoms with Crippen LogP contribution < -0.4 is 0 Å². The molecule has 0 spiro atoms. The molecule has 0 aromatic heterocycles.